The first-order valence-electron chi connectivity index (χ1n) is 7.61. The molecule has 0 fully saturated rings. The van der Waals surface area contributed by atoms with Crippen LogP contribution in [0, 0.1) is 0 Å². The van der Waals surface area contributed by atoms with Crippen molar-refractivity contribution in [2.24, 2.45) is 4.99 Å². The van der Waals surface area contributed by atoms with Gasteiger partial charge in [0.1, 0.15) is 0 Å². The van der Waals surface area contributed by atoms with Gasteiger partial charge in [-0.2, -0.15) is 0 Å². The number of nitrogens with zero attached hydrogens (tertiary/aromatic N) is 1. The molecule has 1 aliphatic heterocycles. The minimum absolute atomic E-state index is 0.143. The molecular formula is C20H14N2OS. The second-order valence-corrected chi connectivity index (χ2v) is 6.35. The average Bonchev–Trinajstić information content (AvgIpc) is 3.08. The van der Waals surface area contributed by atoms with E-state index in [-0.39, 0.29) is 5.91 Å². The molecule has 116 valence electrons. The second-order valence-electron chi connectivity index (χ2n) is 5.37. The summed E-state index contributed by atoms with van der Waals surface area (Å²) in [6, 6.07) is 21.4. The van der Waals surface area contributed by atoms with Crippen LogP contribution < -0.4 is 5.32 Å². The van der Waals surface area contributed by atoms with Crippen LogP contribution in [0.15, 0.2) is 82.7 Å². The van der Waals surface area contributed by atoms with E-state index in [0.29, 0.717) is 11.3 Å². The minimum Gasteiger partial charge on any atom is -0.320 e. The van der Waals surface area contributed by atoms with Gasteiger partial charge in [0.05, 0.1) is 22.7 Å². The lowest BCUT2D eigenvalue weighted by Crippen LogP contribution is -2.19. The molecule has 1 aromatic heterocycles. The molecule has 0 atom stereocenters. The van der Waals surface area contributed by atoms with E-state index in [4.69, 9.17) is 4.99 Å². The molecule has 1 amide bonds. The number of rotatable bonds is 2. The predicted octanol–water partition coefficient (Wildman–Crippen LogP) is 4.90. The molecule has 1 N–H and O–H groups in total. The number of para-hydroxylation sites is 2. The summed E-state index contributed by atoms with van der Waals surface area (Å²) < 4.78 is 0. The first-order valence-corrected chi connectivity index (χ1v) is 8.49. The summed E-state index contributed by atoms with van der Waals surface area (Å²) in [4.78, 5) is 18.6. The van der Waals surface area contributed by atoms with Crippen molar-refractivity contribution in [2.75, 3.05) is 5.32 Å². The Balaban J connectivity index is 1.93. The average molecular weight is 330 g/mol. The first-order chi connectivity index (χ1) is 11.8. The molecule has 0 spiro atoms. The normalized spacial score (nSPS) is 15.4. The van der Waals surface area contributed by atoms with Crippen molar-refractivity contribution in [1.82, 2.24) is 0 Å². The summed E-state index contributed by atoms with van der Waals surface area (Å²) in [7, 11) is 0. The van der Waals surface area contributed by atoms with Gasteiger partial charge >= 0.3 is 0 Å². The number of carbonyl (C=O) groups is 1. The smallest absolute Gasteiger partial charge is 0.257 e. The lowest BCUT2D eigenvalue weighted by atomic mass is 10.0. The van der Waals surface area contributed by atoms with E-state index in [1.165, 1.54) is 0 Å². The van der Waals surface area contributed by atoms with Gasteiger partial charge in [0.25, 0.3) is 5.91 Å². The molecule has 0 radical (unpaired) electrons. The molecule has 0 unspecified atom stereocenters. The Morgan fingerprint density at radius 1 is 0.917 bits per heavy atom. The van der Waals surface area contributed by atoms with Crippen LogP contribution in [0.2, 0.25) is 0 Å². The molecule has 3 nitrogen and oxygen atoms in total. The number of anilines is 1. The molecule has 0 bridgehead atoms. The zero-order chi connectivity index (χ0) is 16.4. The SMILES string of the molecule is O=C1Nc2ccccc2N=C(c2ccccc2)C1=Cc1cccs1. The highest BCUT2D eigenvalue weighted by Gasteiger charge is 2.23. The van der Waals surface area contributed by atoms with Crippen LogP contribution in [0.3, 0.4) is 0 Å². The first kappa shape index (κ1) is 14.6. The number of hydrogen-bond acceptors (Lipinski definition) is 3. The van der Waals surface area contributed by atoms with Gasteiger partial charge in [-0.05, 0) is 29.7 Å². The van der Waals surface area contributed by atoms with Gasteiger partial charge in [0.2, 0.25) is 0 Å². The quantitative estimate of drug-likeness (QED) is 0.667. The van der Waals surface area contributed by atoms with Crippen LogP contribution in [0.25, 0.3) is 6.08 Å². The largest absolute Gasteiger partial charge is 0.320 e. The van der Waals surface area contributed by atoms with E-state index in [1.807, 2.05) is 78.2 Å². The molecule has 4 rings (SSSR count). The number of benzene rings is 2. The van der Waals surface area contributed by atoms with Crippen molar-refractivity contribution in [2.45, 2.75) is 0 Å². The summed E-state index contributed by atoms with van der Waals surface area (Å²) in [6.45, 7) is 0. The van der Waals surface area contributed by atoms with E-state index in [2.05, 4.69) is 5.32 Å². The predicted molar refractivity (Wildman–Crippen MR) is 100 cm³/mol. The van der Waals surface area contributed by atoms with Gasteiger partial charge in [-0.1, -0.05) is 48.5 Å². The van der Waals surface area contributed by atoms with E-state index >= 15 is 0 Å². The Kier molecular flexibility index (Phi) is 3.81. The number of aliphatic imine (C=N–C) groups is 1. The van der Waals surface area contributed by atoms with Gasteiger partial charge in [-0.15, -0.1) is 11.3 Å². The summed E-state index contributed by atoms with van der Waals surface area (Å²) >= 11 is 1.60. The third kappa shape index (κ3) is 2.79. The highest BCUT2D eigenvalue weighted by Crippen LogP contribution is 2.31. The fourth-order valence-corrected chi connectivity index (χ4v) is 3.28. The number of amides is 1. The zero-order valence-corrected chi connectivity index (χ0v) is 13.6. The molecule has 2 heterocycles. The maximum atomic E-state index is 12.8. The number of fused-ring (bicyclic) bond motifs is 1. The molecule has 4 heteroatoms. The summed E-state index contributed by atoms with van der Waals surface area (Å²) in [5, 5.41) is 4.96. The number of thiophene rings is 1. The van der Waals surface area contributed by atoms with Crippen LogP contribution in [-0.2, 0) is 4.79 Å². The molecule has 2 aromatic carbocycles. The molecule has 0 aliphatic carbocycles. The molecule has 24 heavy (non-hydrogen) atoms. The van der Waals surface area contributed by atoms with E-state index in [9.17, 15) is 4.79 Å². The van der Waals surface area contributed by atoms with E-state index < -0.39 is 0 Å². The third-order valence-electron chi connectivity index (χ3n) is 3.76. The van der Waals surface area contributed by atoms with Crippen LogP contribution in [0.5, 0.6) is 0 Å². The van der Waals surface area contributed by atoms with Crippen molar-refractivity contribution in [3.63, 3.8) is 0 Å². The second kappa shape index (κ2) is 6.26. The van der Waals surface area contributed by atoms with Gasteiger partial charge < -0.3 is 5.32 Å². The third-order valence-corrected chi connectivity index (χ3v) is 4.58. The van der Waals surface area contributed by atoms with E-state index in [0.717, 1.165) is 21.8 Å². The summed E-state index contributed by atoms with van der Waals surface area (Å²) in [5.41, 5.74) is 3.67. The van der Waals surface area contributed by atoms with E-state index in [1.54, 1.807) is 11.3 Å². The summed E-state index contributed by atoms with van der Waals surface area (Å²) in [6.07, 6.45) is 1.90. The highest BCUT2D eigenvalue weighted by molar-refractivity contribution is 7.10. The lowest BCUT2D eigenvalue weighted by molar-refractivity contribution is -0.112. The standard InChI is InChI=1S/C20H14N2OS/c23-20-16(13-15-9-6-12-24-15)19(14-7-2-1-3-8-14)21-17-10-4-5-11-18(17)22-20/h1-13H,(H,22,23). The Bertz CT molecular complexity index is 941. The molecule has 0 saturated heterocycles. The fourth-order valence-electron chi connectivity index (χ4n) is 2.62. The molecular weight excluding hydrogens is 316 g/mol. The highest BCUT2D eigenvalue weighted by atomic mass is 32.1. The Morgan fingerprint density at radius 3 is 2.50 bits per heavy atom. The van der Waals surface area contributed by atoms with Gasteiger partial charge in [-0.3, -0.25) is 4.79 Å². The van der Waals surface area contributed by atoms with Gasteiger partial charge in [-0.25, -0.2) is 4.99 Å². The Hall–Kier alpha value is -2.98. The Labute approximate surface area is 144 Å². The molecule has 3 aromatic rings. The van der Waals surface area contributed by atoms with Gasteiger partial charge in [0, 0.05) is 10.4 Å². The summed E-state index contributed by atoms with van der Waals surface area (Å²) in [5.74, 6) is -0.143. The molecule has 0 saturated carbocycles. The fraction of sp³-hybridized carbons (Fsp3) is 0. The molecule has 1 aliphatic rings. The minimum atomic E-state index is -0.143. The number of hydrogen-bond donors (Lipinski definition) is 1. The number of carbonyl (C=O) groups excluding carboxylic acids is 1. The lowest BCUT2D eigenvalue weighted by Gasteiger charge is -2.08. The Morgan fingerprint density at radius 2 is 1.71 bits per heavy atom. The van der Waals surface area contributed by atoms with Crippen LogP contribution >= 0.6 is 11.3 Å². The monoisotopic (exact) mass is 330 g/mol. The van der Waals surface area contributed by atoms with Crippen LogP contribution in [-0.4, -0.2) is 11.6 Å². The van der Waals surface area contributed by atoms with Crippen LogP contribution in [0.1, 0.15) is 10.4 Å². The zero-order valence-electron chi connectivity index (χ0n) is 12.8. The maximum absolute atomic E-state index is 12.8. The maximum Gasteiger partial charge on any atom is 0.257 e. The van der Waals surface area contributed by atoms with Crippen molar-refractivity contribution in [3.05, 3.63) is 88.1 Å². The van der Waals surface area contributed by atoms with Crippen molar-refractivity contribution >= 4 is 40.4 Å². The van der Waals surface area contributed by atoms with Crippen LogP contribution in [0.4, 0.5) is 11.4 Å². The van der Waals surface area contributed by atoms with Gasteiger partial charge in [0.15, 0.2) is 0 Å². The van der Waals surface area contributed by atoms with Crippen molar-refractivity contribution in [3.8, 4) is 0 Å². The van der Waals surface area contributed by atoms with Crippen molar-refractivity contribution < 1.29 is 4.79 Å². The number of nitrogens with one attached hydrogen (secondary N) is 1. The van der Waals surface area contributed by atoms with Crippen molar-refractivity contribution in [1.29, 1.82) is 0 Å². The topological polar surface area (TPSA) is 41.5 Å².